The number of alkyl halides is 3. The summed E-state index contributed by atoms with van der Waals surface area (Å²) < 4.78 is 39.9. The number of nitrogens with one attached hydrogen (secondary N) is 1. The van der Waals surface area contributed by atoms with Crippen molar-refractivity contribution in [2.45, 2.75) is 25.8 Å². The highest BCUT2D eigenvalue weighted by atomic mass is 127. The molecule has 1 heterocycles. The van der Waals surface area contributed by atoms with Crippen LogP contribution in [0.5, 0.6) is 0 Å². The maximum atomic E-state index is 12.7. The summed E-state index contributed by atoms with van der Waals surface area (Å²) in [5.41, 5.74) is 2.30. The first-order valence-electron chi connectivity index (χ1n) is 9.33. The molecule has 1 N–H and O–H groups in total. The minimum atomic E-state index is -4.33. The van der Waals surface area contributed by atoms with Gasteiger partial charge in [0.05, 0.1) is 12.1 Å². The highest BCUT2D eigenvalue weighted by molar-refractivity contribution is 14.0. The minimum Gasteiger partial charge on any atom is -0.352 e. The Morgan fingerprint density at radius 2 is 1.81 bits per heavy atom. The summed E-state index contributed by atoms with van der Waals surface area (Å²) in [6.45, 7) is 1.63. The molecule has 0 atom stereocenters. The molecular weight excluding hydrogens is 520 g/mol. The smallest absolute Gasteiger partial charge is 0.352 e. The van der Waals surface area contributed by atoms with Gasteiger partial charge in [-0.25, -0.2) is 9.67 Å². The third kappa shape index (κ3) is 7.23. The van der Waals surface area contributed by atoms with Gasteiger partial charge in [-0.3, -0.25) is 4.99 Å². The zero-order chi connectivity index (χ0) is 21.6. The molecule has 0 radical (unpaired) electrons. The van der Waals surface area contributed by atoms with E-state index in [1.54, 1.807) is 18.1 Å². The van der Waals surface area contributed by atoms with Gasteiger partial charge in [-0.2, -0.15) is 18.3 Å². The molecule has 0 aliphatic heterocycles. The van der Waals surface area contributed by atoms with Crippen LogP contribution in [0.4, 0.5) is 13.2 Å². The first-order valence-corrected chi connectivity index (χ1v) is 9.33. The molecule has 0 bridgehead atoms. The van der Waals surface area contributed by atoms with Gasteiger partial charge < -0.3 is 10.2 Å². The summed E-state index contributed by atoms with van der Waals surface area (Å²) in [4.78, 5) is 10.1. The number of aromatic nitrogens is 3. The lowest BCUT2D eigenvalue weighted by atomic mass is 10.1. The Kier molecular flexibility index (Phi) is 8.84. The number of hydrogen-bond acceptors (Lipinski definition) is 3. The molecule has 0 amide bonds. The molecule has 0 saturated carbocycles. The predicted octanol–water partition coefficient (Wildman–Crippen LogP) is 4.17. The van der Waals surface area contributed by atoms with E-state index in [0.717, 1.165) is 28.8 Å². The van der Waals surface area contributed by atoms with Crippen molar-refractivity contribution in [2.75, 3.05) is 14.1 Å². The molecule has 31 heavy (non-hydrogen) atoms. The van der Waals surface area contributed by atoms with Gasteiger partial charge in [0.15, 0.2) is 5.96 Å². The highest BCUT2D eigenvalue weighted by Gasteiger charge is 2.29. The van der Waals surface area contributed by atoms with Gasteiger partial charge >= 0.3 is 6.18 Å². The van der Waals surface area contributed by atoms with Gasteiger partial charge in [-0.15, -0.1) is 24.0 Å². The number of benzene rings is 2. The van der Waals surface area contributed by atoms with E-state index < -0.39 is 11.7 Å². The van der Waals surface area contributed by atoms with Crippen molar-refractivity contribution in [3.8, 4) is 0 Å². The lowest BCUT2D eigenvalue weighted by Crippen LogP contribution is -2.38. The Labute approximate surface area is 196 Å². The predicted molar refractivity (Wildman–Crippen MR) is 124 cm³/mol. The van der Waals surface area contributed by atoms with Crippen LogP contribution in [-0.2, 0) is 25.8 Å². The monoisotopic (exact) mass is 544 g/mol. The van der Waals surface area contributed by atoms with Gasteiger partial charge in [0, 0.05) is 27.2 Å². The first-order chi connectivity index (χ1) is 14.3. The molecule has 2 aromatic carbocycles. The fourth-order valence-corrected chi connectivity index (χ4v) is 3.05. The van der Waals surface area contributed by atoms with Crippen LogP contribution in [0.1, 0.15) is 22.3 Å². The summed E-state index contributed by atoms with van der Waals surface area (Å²) >= 11 is 0. The normalized spacial score (nSPS) is 11.7. The quantitative estimate of drug-likeness (QED) is 0.288. The fourth-order valence-electron chi connectivity index (χ4n) is 3.05. The lowest BCUT2D eigenvalue weighted by molar-refractivity contribution is -0.137. The van der Waals surface area contributed by atoms with Crippen LogP contribution < -0.4 is 5.32 Å². The molecule has 3 rings (SSSR count). The van der Waals surface area contributed by atoms with E-state index in [-0.39, 0.29) is 24.0 Å². The number of guanidine groups is 1. The molecule has 0 unspecified atom stereocenters. The van der Waals surface area contributed by atoms with Gasteiger partial charge in [0.1, 0.15) is 12.7 Å². The zero-order valence-electron chi connectivity index (χ0n) is 17.2. The Morgan fingerprint density at radius 1 is 1.10 bits per heavy atom. The van der Waals surface area contributed by atoms with E-state index in [9.17, 15) is 13.2 Å². The van der Waals surface area contributed by atoms with Crippen molar-refractivity contribution < 1.29 is 13.2 Å². The van der Waals surface area contributed by atoms with Crippen LogP contribution in [-0.4, -0.2) is 39.7 Å². The molecule has 166 valence electrons. The first kappa shape index (κ1) is 24.6. The maximum absolute atomic E-state index is 12.7. The minimum absolute atomic E-state index is 0. The van der Waals surface area contributed by atoms with E-state index >= 15 is 0 Å². The topological polar surface area (TPSA) is 58.3 Å². The van der Waals surface area contributed by atoms with Crippen LogP contribution >= 0.6 is 24.0 Å². The second-order valence-electron chi connectivity index (χ2n) is 6.86. The lowest BCUT2D eigenvalue weighted by Gasteiger charge is -2.22. The van der Waals surface area contributed by atoms with Gasteiger partial charge in [-0.05, 0) is 28.8 Å². The Hall–Kier alpha value is -2.63. The molecule has 1 aromatic heterocycles. The molecule has 0 saturated heterocycles. The summed E-state index contributed by atoms with van der Waals surface area (Å²) in [5.74, 6) is 0.650. The second kappa shape index (κ2) is 11.1. The molecule has 0 aliphatic carbocycles. The molecule has 0 fully saturated rings. The van der Waals surface area contributed by atoms with Crippen molar-refractivity contribution >= 4 is 29.9 Å². The Morgan fingerprint density at radius 3 is 2.42 bits per heavy atom. The van der Waals surface area contributed by atoms with Crippen LogP contribution in [0, 0.1) is 0 Å². The average molecular weight is 544 g/mol. The van der Waals surface area contributed by atoms with Crippen molar-refractivity contribution in [3.05, 3.63) is 83.4 Å². The SMILES string of the molecule is CN=C(NCc1cccc(Cn2cncn2)c1)N(C)Cc1ccc(C(F)(F)F)cc1.I. The van der Waals surface area contributed by atoms with E-state index in [1.165, 1.54) is 18.5 Å². The maximum Gasteiger partial charge on any atom is 0.416 e. The number of aliphatic imine (C=N–C) groups is 1. The molecule has 0 spiro atoms. The van der Waals surface area contributed by atoms with Crippen molar-refractivity contribution in [1.82, 2.24) is 25.0 Å². The number of rotatable bonds is 6. The standard InChI is InChI=1S/C21H23F3N6.HI/c1-25-20(29(2)12-16-6-8-19(9-7-16)21(22,23)24)27-11-17-4-3-5-18(10-17)13-30-15-26-14-28-30;/h3-10,14-15H,11-13H2,1-2H3,(H,25,27);1H. The van der Waals surface area contributed by atoms with Crippen molar-refractivity contribution in [1.29, 1.82) is 0 Å². The summed E-state index contributed by atoms with van der Waals surface area (Å²) in [6.07, 6.45) is -1.16. The van der Waals surface area contributed by atoms with E-state index in [4.69, 9.17) is 0 Å². The summed E-state index contributed by atoms with van der Waals surface area (Å²) in [6, 6.07) is 13.3. The Bertz CT molecular complexity index is 972. The van der Waals surface area contributed by atoms with Crippen LogP contribution in [0.25, 0.3) is 0 Å². The van der Waals surface area contributed by atoms with Crippen LogP contribution in [0.15, 0.2) is 66.2 Å². The van der Waals surface area contributed by atoms with E-state index in [0.29, 0.717) is 25.6 Å². The van der Waals surface area contributed by atoms with E-state index in [1.807, 2.05) is 30.1 Å². The van der Waals surface area contributed by atoms with Gasteiger partial charge in [0.25, 0.3) is 0 Å². The van der Waals surface area contributed by atoms with Crippen LogP contribution in [0.2, 0.25) is 0 Å². The third-order valence-electron chi connectivity index (χ3n) is 4.53. The van der Waals surface area contributed by atoms with Crippen LogP contribution in [0.3, 0.4) is 0 Å². The van der Waals surface area contributed by atoms with E-state index in [2.05, 4.69) is 26.5 Å². The molecule has 3 aromatic rings. The van der Waals surface area contributed by atoms with Gasteiger partial charge in [0.2, 0.25) is 0 Å². The Balaban J connectivity index is 0.00000341. The molecular formula is C21H24F3IN6. The summed E-state index contributed by atoms with van der Waals surface area (Å²) in [5, 5.41) is 7.40. The number of halogens is 4. The molecule has 6 nitrogen and oxygen atoms in total. The number of hydrogen-bond donors (Lipinski definition) is 1. The second-order valence-corrected chi connectivity index (χ2v) is 6.86. The molecule has 0 aliphatic rings. The van der Waals surface area contributed by atoms with Crippen molar-refractivity contribution in [3.63, 3.8) is 0 Å². The fraction of sp³-hybridized carbons (Fsp3) is 0.286. The number of nitrogens with zero attached hydrogens (tertiary/aromatic N) is 5. The van der Waals surface area contributed by atoms with Gasteiger partial charge in [-0.1, -0.05) is 36.4 Å². The summed E-state index contributed by atoms with van der Waals surface area (Å²) in [7, 11) is 3.51. The molecule has 10 heteroatoms. The average Bonchev–Trinajstić information content (AvgIpc) is 3.21. The largest absolute Gasteiger partial charge is 0.416 e. The van der Waals surface area contributed by atoms with Crippen molar-refractivity contribution in [2.24, 2.45) is 4.99 Å². The zero-order valence-corrected chi connectivity index (χ0v) is 19.5. The third-order valence-corrected chi connectivity index (χ3v) is 4.53. The highest BCUT2D eigenvalue weighted by Crippen LogP contribution is 2.29.